The molecule has 2 N–H and O–H groups in total. The van der Waals surface area contributed by atoms with Crippen LogP contribution >= 0.6 is 11.3 Å². The molecule has 0 saturated carbocycles. The average molecular weight is 317 g/mol. The first-order chi connectivity index (χ1) is 10.6. The van der Waals surface area contributed by atoms with Crippen LogP contribution in [0.25, 0.3) is 0 Å². The first-order valence-electron chi connectivity index (χ1n) is 7.18. The van der Waals surface area contributed by atoms with Crippen LogP contribution in [0.15, 0.2) is 35.7 Å². The zero-order valence-electron chi connectivity index (χ0n) is 12.6. The summed E-state index contributed by atoms with van der Waals surface area (Å²) < 4.78 is 0. The molecule has 0 bridgehead atoms. The van der Waals surface area contributed by atoms with E-state index in [9.17, 15) is 9.59 Å². The van der Waals surface area contributed by atoms with Gasteiger partial charge in [-0.15, -0.1) is 11.3 Å². The standard InChI is InChI=1S/C16H19N3O2S/c1-3-17-15(21)16-19-13(10-22-16)14(20)18-9-11(2)12-7-5-4-6-8-12/h4-8,10-11H,3,9H2,1-2H3,(H,17,21)(H,18,20)/t11-/m0/s1. The summed E-state index contributed by atoms with van der Waals surface area (Å²) in [5, 5.41) is 7.43. The molecule has 1 aromatic carbocycles. The Bertz CT molecular complexity index is 640. The fourth-order valence-corrected chi connectivity index (χ4v) is 2.67. The van der Waals surface area contributed by atoms with E-state index in [1.165, 1.54) is 16.9 Å². The van der Waals surface area contributed by atoms with Gasteiger partial charge in [0.05, 0.1) is 0 Å². The SMILES string of the molecule is CCNC(=O)c1nc(C(=O)NC[C@H](C)c2ccccc2)cs1. The first kappa shape index (κ1) is 16.2. The van der Waals surface area contributed by atoms with Crippen LogP contribution in [0.4, 0.5) is 0 Å². The number of amides is 2. The molecule has 0 radical (unpaired) electrons. The van der Waals surface area contributed by atoms with Crippen LogP contribution in [-0.2, 0) is 0 Å². The summed E-state index contributed by atoms with van der Waals surface area (Å²) in [7, 11) is 0. The highest BCUT2D eigenvalue weighted by atomic mass is 32.1. The molecule has 5 nitrogen and oxygen atoms in total. The zero-order valence-corrected chi connectivity index (χ0v) is 13.4. The number of aromatic nitrogens is 1. The Hall–Kier alpha value is -2.21. The molecule has 2 rings (SSSR count). The summed E-state index contributed by atoms with van der Waals surface area (Å²) in [6.45, 7) is 4.95. The van der Waals surface area contributed by atoms with Gasteiger partial charge >= 0.3 is 0 Å². The Balaban J connectivity index is 1.91. The summed E-state index contributed by atoms with van der Waals surface area (Å²) >= 11 is 1.17. The summed E-state index contributed by atoms with van der Waals surface area (Å²) in [4.78, 5) is 27.8. The zero-order chi connectivity index (χ0) is 15.9. The normalized spacial score (nSPS) is 11.7. The number of carbonyl (C=O) groups is 2. The van der Waals surface area contributed by atoms with Crippen molar-refractivity contribution in [1.29, 1.82) is 0 Å². The maximum absolute atomic E-state index is 12.1. The lowest BCUT2D eigenvalue weighted by atomic mass is 10.0. The third-order valence-electron chi connectivity index (χ3n) is 3.21. The summed E-state index contributed by atoms with van der Waals surface area (Å²) in [5.74, 6) is -0.287. The van der Waals surface area contributed by atoms with Gasteiger partial charge in [-0.05, 0) is 18.4 Å². The lowest BCUT2D eigenvalue weighted by molar-refractivity contribution is 0.0947. The lowest BCUT2D eigenvalue weighted by Crippen LogP contribution is -2.28. The Morgan fingerprint density at radius 2 is 1.91 bits per heavy atom. The Morgan fingerprint density at radius 1 is 1.18 bits per heavy atom. The first-order valence-corrected chi connectivity index (χ1v) is 8.06. The highest BCUT2D eigenvalue weighted by Crippen LogP contribution is 2.14. The molecule has 0 aliphatic heterocycles. The van der Waals surface area contributed by atoms with Gasteiger partial charge in [0, 0.05) is 18.5 Å². The van der Waals surface area contributed by atoms with Crippen LogP contribution in [0.5, 0.6) is 0 Å². The van der Waals surface area contributed by atoms with E-state index in [0.717, 1.165) is 0 Å². The third-order valence-corrected chi connectivity index (χ3v) is 4.05. The fraction of sp³-hybridized carbons (Fsp3) is 0.312. The molecule has 2 amide bonds. The van der Waals surface area contributed by atoms with Crippen molar-refractivity contribution in [3.8, 4) is 0 Å². The van der Waals surface area contributed by atoms with Crippen LogP contribution in [0.1, 0.15) is 45.6 Å². The smallest absolute Gasteiger partial charge is 0.280 e. The van der Waals surface area contributed by atoms with Gasteiger partial charge in [0.2, 0.25) is 0 Å². The molecular formula is C16H19N3O2S. The van der Waals surface area contributed by atoms with E-state index in [2.05, 4.69) is 22.5 Å². The number of hydrogen-bond donors (Lipinski definition) is 2. The van der Waals surface area contributed by atoms with E-state index in [-0.39, 0.29) is 23.4 Å². The second kappa shape index (κ2) is 7.70. The number of thiazole rings is 1. The predicted molar refractivity (Wildman–Crippen MR) is 87.3 cm³/mol. The van der Waals surface area contributed by atoms with Crippen LogP contribution in [-0.4, -0.2) is 29.9 Å². The number of rotatable bonds is 6. The Morgan fingerprint density at radius 3 is 2.59 bits per heavy atom. The van der Waals surface area contributed by atoms with Crippen molar-refractivity contribution in [3.05, 3.63) is 52.0 Å². The van der Waals surface area contributed by atoms with Crippen molar-refractivity contribution < 1.29 is 9.59 Å². The second-order valence-electron chi connectivity index (χ2n) is 4.92. The van der Waals surface area contributed by atoms with Crippen LogP contribution < -0.4 is 10.6 Å². The minimum absolute atomic E-state index is 0.214. The molecule has 0 aliphatic rings. The molecule has 0 spiro atoms. The molecule has 0 fully saturated rings. The number of nitrogens with zero attached hydrogens (tertiary/aromatic N) is 1. The molecular weight excluding hydrogens is 298 g/mol. The highest BCUT2D eigenvalue weighted by molar-refractivity contribution is 7.11. The van der Waals surface area contributed by atoms with E-state index in [1.54, 1.807) is 5.38 Å². The van der Waals surface area contributed by atoms with Crippen LogP contribution in [0, 0.1) is 0 Å². The summed E-state index contributed by atoms with van der Waals surface area (Å²) in [5.41, 5.74) is 1.45. The van der Waals surface area contributed by atoms with Crippen molar-refractivity contribution in [1.82, 2.24) is 15.6 Å². The van der Waals surface area contributed by atoms with Crippen LogP contribution in [0.2, 0.25) is 0 Å². The summed E-state index contributed by atoms with van der Waals surface area (Å²) in [6, 6.07) is 9.99. The number of hydrogen-bond acceptors (Lipinski definition) is 4. The molecule has 2 aromatic rings. The fourth-order valence-electron chi connectivity index (χ4n) is 1.95. The van der Waals surface area contributed by atoms with Crippen molar-refractivity contribution >= 4 is 23.2 Å². The van der Waals surface area contributed by atoms with Gasteiger partial charge in [0.25, 0.3) is 11.8 Å². The van der Waals surface area contributed by atoms with Crippen molar-refractivity contribution in [2.45, 2.75) is 19.8 Å². The van der Waals surface area contributed by atoms with Gasteiger partial charge < -0.3 is 10.6 Å². The van der Waals surface area contributed by atoms with Crippen molar-refractivity contribution in [3.63, 3.8) is 0 Å². The summed E-state index contributed by atoms with van der Waals surface area (Å²) in [6.07, 6.45) is 0. The molecule has 0 saturated heterocycles. The number of benzene rings is 1. The van der Waals surface area contributed by atoms with Gasteiger partial charge in [0.1, 0.15) is 5.69 Å². The minimum atomic E-state index is -0.255. The van der Waals surface area contributed by atoms with Gasteiger partial charge in [-0.1, -0.05) is 37.3 Å². The second-order valence-corrected chi connectivity index (χ2v) is 5.78. The highest BCUT2D eigenvalue weighted by Gasteiger charge is 2.15. The lowest BCUT2D eigenvalue weighted by Gasteiger charge is -2.12. The molecule has 0 aliphatic carbocycles. The Labute approximate surface area is 133 Å². The van der Waals surface area contributed by atoms with Gasteiger partial charge in [-0.2, -0.15) is 0 Å². The van der Waals surface area contributed by atoms with Crippen molar-refractivity contribution in [2.75, 3.05) is 13.1 Å². The molecule has 116 valence electrons. The number of nitrogens with one attached hydrogen (secondary N) is 2. The quantitative estimate of drug-likeness (QED) is 0.859. The van der Waals surface area contributed by atoms with Crippen molar-refractivity contribution in [2.24, 2.45) is 0 Å². The van der Waals surface area contributed by atoms with E-state index >= 15 is 0 Å². The third kappa shape index (κ3) is 4.14. The largest absolute Gasteiger partial charge is 0.350 e. The molecule has 1 aromatic heterocycles. The van der Waals surface area contributed by atoms with Gasteiger partial charge in [0.15, 0.2) is 5.01 Å². The molecule has 22 heavy (non-hydrogen) atoms. The van der Waals surface area contributed by atoms with E-state index in [4.69, 9.17) is 0 Å². The van der Waals surface area contributed by atoms with E-state index in [0.29, 0.717) is 18.1 Å². The predicted octanol–water partition coefficient (Wildman–Crippen LogP) is 2.43. The van der Waals surface area contributed by atoms with E-state index < -0.39 is 0 Å². The minimum Gasteiger partial charge on any atom is -0.350 e. The number of carbonyl (C=O) groups excluding carboxylic acids is 2. The molecule has 1 heterocycles. The average Bonchev–Trinajstić information content (AvgIpc) is 3.03. The molecule has 6 heteroatoms. The maximum Gasteiger partial charge on any atom is 0.280 e. The maximum atomic E-state index is 12.1. The monoisotopic (exact) mass is 317 g/mol. The molecule has 0 unspecified atom stereocenters. The topological polar surface area (TPSA) is 71.1 Å². The molecule has 1 atom stereocenters. The van der Waals surface area contributed by atoms with Gasteiger partial charge in [-0.25, -0.2) is 4.98 Å². The van der Waals surface area contributed by atoms with Gasteiger partial charge in [-0.3, -0.25) is 9.59 Å². The Kier molecular flexibility index (Phi) is 5.66. The van der Waals surface area contributed by atoms with Crippen LogP contribution in [0.3, 0.4) is 0 Å². The van der Waals surface area contributed by atoms with E-state index in [1.807, 2.05) is 37.3 Å².